The maximum atomic E-state index is 13.7. The molecule has 81 heavy (non-hydrogen) atoms. The van der Waals surface area contributed by atoms with Crippen molar-refractivity contribution in [3.05, 3.63) is 174 Å². The van der Waals surface area contributed by atoms with Crippen LogP contribution in [-0.2, 0) is 35.2 Å². The first-order valence-corrected chi connectivity index (χ1v) is 29.2. The van der Waals surface area contributed by atoms with Crippen molar-refractivity contribution in [3.8, 4) is 22.3 Å². The largest absolute Gasteiger partial charge is 0.478 e. The van der Waals surface area contributed by atoms with E-state index in [-0.39, 0.29) is 53.5 Å². The first-order chi connectivity index (χ1) is 39.1. The van der Waals surface area contributed by atoms with E-state index in [1.54, 1.807) is 24.3 Å². The van der Waals surface area contributed by atoms with Gasteiger partial charge in [-0.2, -0.15) is 0 Å². The average molecular weight is 1100 g/mol. The molecule has 2 aliphatic rings. The summed E-state index contributed by atoms with van der Waals surface area (Å²) in [5.74, 6) is -0.994. The summed E-state index contributed by atoms with van der Waals surface area (Å²) in [7, 11) is 0. The van der Waals surface area contributed by atoms with E-state index in [0.717, 1.165) is 134 Å². The van der Waals surface area contributed by atoms with E-state index in [1.165, 1.54) is 0 Å². The number of aryl methyl sites for hydroxylation is 4. The predicted molar refractivity (Wildman–Crippen MR) is 322 cm³/mol. The lowest BCUT2D eigenvalue weighted by molar-refractivity contribution is 0.0696. The number of aromatic nitrogens is 2. The number of aromatic carboxylic acids is 1. The average Bonchev–Trinajstić information content (AvgIpc) is 3.55. The Morgan fingerprint density at radius 3 is 1.27 bits per heavy atom. The molecular weight excluding hydrogens is 1020 g/mol. The molecule has 0 saturated carbocycles. The van der Waals surface area contributed by atoms with Gasteiger partial charge in [0.05, 0.1) is 5.56 Å². The Bertz CT molecular complexity index is 3220. The van der Waals surface area contributed by atoms with Gasteiger partial charge in [-0.05, 0) is 180 Å². The molecule has 0 bridgehead atoms. The van der Waals surface area contributed by atoms with Crippen molar-refractivity contribution >= 4 is 34.7 Å². The monoisotopic (exact) mass is 1100 g/mol. The van der Waals surface area contributed by atoms with E-state index in [9.17, 15) is 33.9 Å². The van der Waals surface area contributed by atoms with Crippen LogP contribution in [0.1, 0.15) is 167 Å². The van der Waals surface area contributed by atoms with Crippen LogP contribution in [0.25, 0.3) is 22.3 Å². The number of benzene rings is 4. The number of carbonyl (C=O) groups is 4. The van der Waals surface area contributed by atoms with E-state index < -0.39 is 5.97 Å². The van der Waals surface area contributed by atoms with Gasteiger partial charge >= 0.3 is 5.97 Å². The molecule has 2 aliphatic heterocycles. The Balaban J connectivity index is 0.000000234. The fourth-order valence-corrected chi connectivity index (χ4v) is 11.4. The Morgan fingerprint density at radius 1 is 0.506 bits per heavy atom. The minimum Gasteiger partial charge on any atom is -0.478 e. The summed E-state index contributed by atoms with van der Waals surface area (Å²) in [5.41, 5.74) is 12.4. The number of nitrogens with one attached hydrogen (secondary N) is 2. The van der Waals surface area contributed by atoms with Gasteiger partial charge in [0.2, 0.25) is 0 Å². The zero-order valence-electron chi connectivity index (χ0n) is 48.3. The number of Topliss-reactive ketones (excluding diaryl/α,β-unsaturated/α-hetero) is 3. The summed E-state index contributed by atoms with van der Waals surface area (Å²) >= 11 is 0. The Hall–Kier alpha value is -7.26. The van der Waals surface area contributed by atoms with Crippen molar-refractivity contribution in [1.82, 2.24) is 9.97 Å². The third kappa shape index (κ3) is 16.5. The molecule has 8 rings (SSSR count). The predicted octanol–water partition coefficient (Wildman–Crippen LogP) is 11.9. The number of H-pyrrole nitrogens is 2. The van der Waals surface area contributed by atoms with Crippen LogP contribution >= 0.6 is 0 Å². The quantitative estimate of drug-likeness (QED) is 0.0396. The number of carboxylic acids is 1. The third-order valence-electron chi connectivity index (χ3n) is 15.6. The summed E-state index contributed by atoms with van der Waals surface area (Å²) in [6.45, 7) is 16.7. The van der Waals surface area contributed by atoms with Gasteiger partial charge in [0, 0.05) is 128 Å². The lowest BCUT2D eigenvalue weighted by Crippen LogP contribution is -2.39. The van der Waals surface area contributed by atoms with Gasteiger partial charge < -0.3 is 39.5 Å². The number of aliphatic hydroxyl groups is 1. The first kappa shape index (κ1) is 61.4. The second-order valence-corrected chi connectivity index (χ2v) is 21.4. The van der Waals surface area contributed by atoms with Gasteiger partial charge in [0.25, 0.3) is 11.1 Å². The lowest BCUT2D eigenvalue weighted by atomic mass is 9.94. The zero-order chi connectivity index (χ0) is 58.0. The highest BCUT2D eigenvalue weighted by Crippen LogP contribution is 2.33. The number of hydrogen-bond donors (Lipinski definition) is 4. The van der Waals surface area contributed by atoms with Crippen LogP contribution in [0.5, 0.6) is 0 Å². The SMILES string of the molecule is CCCc1cc(C)[nH]c(=O)c1CCC(=O)c1cc(-c2ccc(C(=O)CCCO)cc2)cc(N(CC)C2CCOCC2)c1.CCCc1cc(C)[nH]c(=O)c1CCC(=O)c1cc(-c2ccc(C(=O)O)cc2)cc(N(CC)C2CCOCC2)c1. The zero-order valence-corrected chi connectivity index (χ0v) is 48.3. The summed E-state index contributed by atoms with van der Waals surface area (Å²) in [6, 6.07) is 30.9. The first-order valence-electron chi connectivity index (χ1n) is 29.2. The maximum absolute atomic E-state index is 13.7. The molecule has 14 heteroatoms. The number of ketones is 3. The molecular formula is C67H82N4O10. The number of hydrogen-bond acceptors (Lipinski definition) is 11. The number of rotatable bonds is 25. The number of pyridine rings is 2. The van der Waals surface area contributed by atoms with Crippen LogP contribution in [0.4, 0.5) is 11.4 Å². The molecule has 14 nitrogen and oxygen atoms in total. The molecule has 4 N–H and O–H groups in total. The molecule has 0 atom stereocenters. The summed E-state index contributed by atoms with van der Waals surface area (Å²) in [4.78, 5) is 87.1. The van der Waals surface area contributed by atoms with Crippen molar-refractivity contribution in [2.75, 3.05) is 55.9 Å². The number of ether oxygens (including phenoxy) is 2. The number of aromatic amines is 2. The molecule has 0 aliphatic carbocycles. The molecule has 2 saturated heterocycles. The van der Waals surface area contributed by atoms with E-state index >= 15 is 0 Å². The fourth-order valence-electron chi connectivity index (χ4n) is 11.4. The van der Waals surface area contributed by atoms with Crippen LogP contribution in [0.3, 0.4) is 0 Å². The smallest absolute Gasteiger partial charge is 0.335 e. The highest BCUT2D eigenvalue weighted by atomic mass is 16.5. The Morgan fingerprint density at radius 2 is 0.901 bits per heavy atom. The number of carboxylic acid groups (broad SMARTS) is 1. The topological polar surface area (TPSA) is 199 Å². The normalized spacial score (nSPS) is 13.8. The van der Waals surface area contributed by atoms with Crippen molar-refractivity contribution in [2.24, 2.45) is 0 Å². The van der Waals surface area contributed by atoms with Crippen LogP contribution in [-0.4, -0.2) is 102 Å². The third-order valence-corrected chi connectivity index (χ3v) is 15.6. The van der Waals surface area contributed by atoms with Gasteiger partial charge in [-0.15, -0.1) is 0 Å². The molecule has 2 fully saturated rings. The molecule has 0 spiro atoms. The molecule has 2 aromatic heterocycles. The van der Waals surface area contributed by atoms with Crippen LogP contribution in [0, 0.1) is 13.8 Å². The van der Waals surface area contributed by atoms with Gasteiger partial charge in [-0.1, -0.05) is 63.1 Å². The maximum Gasteiger partial charge on any atom is 0.335 e. The second-order valence-electron chi connectivity index (χ2n) is 21.4. The minimum atomic E-state index is -0.976. The number of carbonyl (C=O) groups excluding carboxylic acids is 3. The molecule has 0 amide bonds. The number of nitrogens with zero attached hydrogens (tertiary/aromatic N) is 2. The van der Waals surface area contributed by atoms with Gasteiger partial charge in [0.15, 0.2) is 17.3 Å². The van der Waals surface area contributed by atoms with Crippen LogP contribution in [0.2, 0.25) is 0 Å². The molecule has 6 aromatic rings. The summed E-state index contributed by atoms with van der Waals surface area (Å²) in [6.07, 6.45) is 9.18. The lowest BCUT2D eigenvalue weighted by Gasteiger charge is -2.35. The number of aliphatic hydroxyl groups excluding tert-OH is 1. The molecule has 0 radical (unpaired) electrons. The number of anilines is 2. The molecule has 4 heterocycles. The second kappa shape index (κ2) is 30.0. The Kier molecular flexibility index (Phi) is 22.7. The standard InChI is InChI=1S/C35H44N2O5.C32H38N2O5/c1-4-7-27-20-24(3)36-35(41)32(27)13-14-34(40)29-21-28(25-9-11-26(12-10-25)33(39)8-6-17-38)22-31(23-29)37(5-2)30-15-18-42-19-16-30;1-4-6-24-17-21(3)33-31(36)29(24)11-12-30(35)26-18-25(22-7-9-23(10-8-22)32(37)38)19-28(20-26)34(5-2)27-13-15-39-16-14-27/h9-12,20-23,30,38H,4-8,13-19H2,1-3H3,(H,36,41);7-10,17-20,27H,4-6,11-16H2,1-3H3,(H,33,36)(H,37,38). The highest BCUT2D eigenvalue weighted by molar-refractivity contribution is 6.00. The van der Waals surface area contributed by atoms with E-state index in [4.69, 9.17) is 14.6 Å². The van der Waals surface area contributed by atoms with Crippen molar-refractivity contribution in [1.29, 1.82) is 0 Å². The molecule has 4 aromatic carbocycles. The minimum absolute atomic E-state index is 0.000597. The van der Waals surface area contributed by atoms with Crippen molar-refractivity contribution in [3.63, 3.8) is 0 Å². The van der Waals surface area contributed by atoms with Crippen molar-refractivity contribution in [2.45, 2.75) is 144 Å². The van der Waals surface area contributed by atoms with Gasteiger partial charge in [-0.3, -0.25) is 24.0 Å². The highest BCUT2D eigenvalue weighted by Gasteiger charge is 2.25. The fraction of sp³-hybridized carbons (Fsp3) is 0.433. The van der Waals surface area contributed by atoms with E-state index in [1.807, 2.05) is 74.5 Å². The van der Waals surface area contributed by atoms with E-state index in [2.05, 4.69) is 59.6 Å². The van der Waals surface area contributed by atoms with Crippen LogP contribution in [0.15, 0.2) is 107 Å². The summed E-state index contributed by atoms with van der Waals surface area (Å²) < 4.78 is 11.2. The summed E-state index contributed by atoms with van der Waals surface area (Å²) in [5, 5.41) is 18.4. The van der Waals surface area contributed by atoms with Gasteiger partial charge in [-0.25, -0.2) is 4.79 Å². The van der Waals surface area contributed by atoms with Crippen LogP contribution < -0.4 is 20.9 Å². The Labute approximate surface area is 476 Å². The van der Waals surface area contributed by atoms with E-state index in [0.29, 0.717) is 78.8 Å². The van der Waals surface area contributed by atoms with Gasteiger partial charge in [0.1, 0.15) is 0 Å². The molecule has 430 valence electrons. The van der Waals surface area contributed by atoms with Crippen molar-refractivity contribution < 1.29 is 38.9 Å². The molecule has 0 unspecified atom stereocenters.